The molecular weight excluding hydrogens is 238 g/mol. The van der Waals surface area contributed by atoms with Crippen LogP contribution in [0.15, 0.2) is 24.3 Å². The summed E-state index contributed by atoms with van der Waals surface area (Å²) in [4.78, 5) is 0. The van der Waals surface area contributed by atoms with Gasteiger partial charge in [-0.3, -0.25) is 0 Å². The topological polar surface area (TPSA) is 35.2 Å². The minimum absolute atomic E-state index is 0.270. The largest absolute Gasteiger partial charge is 0.413 e. The molecule has 0 bridgehead atoms. The van der Waals surface area contributed by atoms with Crippen molar-refractivity contribution in [1.82, 2.24) is 0 Å². The Balaban J connectivity index is 2.59. The molecule has 1 rings (SSSR count). The molecule has 0 saturated heterocycles. The quantitative estimate of drug-likeness (QED) is 0.824. The Hall–Kier alpha value is -0.643. The third kappa shape index (κ3) is 4.23. The second-order valence-electron chi connectivity index (χ2n) is 6.40. The normalized spacial score (nSPS) is 12.8. The summed E-state index contributed by atoms with van der Waals surface area (Å²) < 4.78 is 6.19. The van der Waals surface area contributed by atoms with Crippen LogP contribution in [0.5, 0.6) is 0 Å². The highest BCUT2D eigenvalue weighted by Gasteiger charge is 2.36. The third-order valence-electron chi connectivity index (χ3n) is 3.86. The molecule has 2 N–H and O–H groups in total. The minimum atomic E-state index is -1.64. The fraction of sp³-hybridized carbons (Fsp3) is 0.600. The Labute approximate surface area is 113 Å². The molecule has 1 aromatic carbocycles. The Morgan fingerprint density at radius 1 is 1.06 bits per heavy atom. The van der Waals surface area contributed by atoms with Gasteiger partial charge in [0, 0.05) is 0 Å². The van der Waals surface area contributed by atoms with Crippen LogP contribution in [-0.4, -0.2) is 14.9 Å². The maximum absolute atomic E-state index is 6.19. The van der Waals surface area contributed by atoms with Crippen LogP contribution in [0, 0.1) is 0 Å². The van der Waals surface area contributed by atoms with Crippen LogP contribution < -0.4 is 5.73 Å². The van der Waals surface area contributed by atoms with Crippen LogP contribution in [0.3, 0.4) is 0 Å². The first-order chi connectivity index (χ1) is 8.26. The fourth-order valence-electron chi connectivity index (χ4n) is 1.45. The first kappa shape index (κ1) is 15.4. The second kappa shape index (κ2) is 6.00. The molecule has 0 aliphatic carbocycles. The molecule has 2 nitrogen and oxygen atoms in total. The van der Waals surface area contributed by atoms with Gasteiger partial charge in [0.05, 0.1) is 6.61 Å². The van der Waals surface area contributed by atoms with Crippen molar-refractivity contribution in [1.29, 1.82) is 0 Å². The van der Waals surface area contributed by atoms with Crippen molar-refractivity contribution in [3.63, 3.8) is 0 Å². The molecule has 0 heterocycles. The molecule has 3 heteroatoms. The van der Waals surface area contributed by atoms with E-state index in [4.69, 9.17) is 10.2 Å². The van der Waals surface area contributed by atoms with Crippen molar-refractivity contribution in [2.75, 3.05) is 6.54 Å². The Kier molecular flexibility index (Phi) is 5.14. The molecule has 1 aromatic rings. The number of benzene rings is 1. The van der Waals surface area contributed by atoms with E-state index >= 15 is 0 Å². The van der Waals surface area contributed by atoms with E-state index in [2.05, 4.69) is 58.1 Å². The molecule has 0 aromatic heterocycles. The maximum Gasteiger partial charge on any atom is 0.192 e. The predicted octanol–water partition coefficient (Wildman–Crippen LogP) is 3.71. The van der Waals surface area contributed by atoms with Gasteiger partial charge in [0.2, 0.25) is 0 Å². The van der Waals surface area contributed by atoms with Gasteiger partial charge in [-0.15, -0.1) is 0 Å². The zero-order valence-corrected chi connectivity index (χ0v) is 13.4. The van der Waals surface area contributed by atoms with Crippen LogP contribution in [0.1, 0.15) is 31.9 Å². The van der Waals surface area contributed by atoms with E-state index in [1.807, 2.05) is 0 Å². The molecular formula is C15H27NOSi. The summed E-state index contributed by atoms with van der Waals surface area (Å²) in [5, 5.41) is 0.270. The molecule has 0 spiro atoms. The summed E-state index contributed by atoms with van der Waals surface area (Å²) in [6.07, 6.45) is 0.948. The predicted molar refractivity (Wildman–Crippen MR) is 81.2 cm³/mol. The van der Waals surface area contributed by atoms with E-state index in [0.29, 0.717) is 6.54 Å². The second-order valence-corrected chi connectivity index (χ2v) is 11.2. The lowest BCUT2D eigenvalue weighted by atomic mass is 10.1. The zero-order valence-electron chi connectivity index (χ0n) is 12.4. The van der Waals surface area contributed by atoms with Gasteiger partial charge < -0.3 is 10.2 Å². The molecule has 102 valence electrons. The summed E-state index contributed by atoms with van der Waals surface area (Å²) in [6.45, 7) is 12.8. The monoisotopic (exact) mass is 265 g/mol. The van der Waals surface area contributed by atoms with Crippen molar-refractivity contribution in [2.45, 2.75) is 51.9 Å². The molecule has 0 amide bonds. The Morgan fingerprint density at radius 2 is 1.56 bits per heavy atom. The minimum Gasteiger partial charge on any atom is -0.413 e. The molecule has 0 atom stereocenters. The van der Waals surface area contributed by atoms with Gasteiger partial charge in [-0.1, -0.05) is 45.0 Å². The van der Waals surface area contributed by atoms with Crippen LogP contribution >= 0.6 is 0 Å². The Bertz CT molecular complexity index is 365. The lowest BCUT2D eigenvalue weighted by Gasteiger charge is -2.36. The van der Waals surface area contributed by atoms with Crippen LogP contribution in [-0.2, 0) is 17.5 Å². The lowest BCUT2D eigenvalue weighted by Crippen LogP contribution is -2.40. The smallest absolute Gasteiger partial charge is 0.192 e. The van der Waals surface area contributed by atoms with Crippen LogP contribution in [0.4, 0.5) is 0 Å². The highest BCUT2D eigenvalue weighted by atomic mass is 28.4. The van der Waals surface area contributed by atoms with Crippen LogP contribution in [0.2, 0.25) is 18.1 Å². The molecule has 0 aliphatic heterocycles. The van der Waals surface area contributed by atoms with E-state index in [1.54, 1.807) is 0 Å². The van der Waals surface area contributed by atoms with E-state index in [0.717, 1.165) is 13.0 Å². The molecule has 0 saturated carbocycles. The molecule has 0 aliphatic rings. The summed E-state index contributed by atoms with van der Waals surface area (Å²) in [6, 6.07) is 8.60. The standard InChI is InChI=1S/C15H27NOSi/c1-15(2,3)18(4,5)17-12-14-8-6-13(7-9-14)10-11-16/h6-9H,10-12,16H2,1-5H3. The summed E-state index contributed by atoms with van der Waals surface area (Å²) in [5.74, 6) is 0. The molecule has 18 heavy (non-hydrogen) atoms. The zero-order chi connectivity index (χ0) is 13.8. The average molecular weight is 265 g/mol. The highest BCUT2D eigenvalue weighted by Crippen LogP contribution is 2.37. The number of hydrogen-bond acceptors (Lipinski definition) is 2. The fourth-order valence-corrected chi connectivity index (χ4v) is 2.41. The van der Waals surface area contributed by atoms with Gasteiger partial charge in [-0.2, -0.15) is 0 Å². The van der Waals surface area contributed by atoms with Crippen molar-refractivity contribution in [2.24, 2.45) is 5.73 Å². The molecule has 0 radical (unpaired) electrons. The van der Waals surface area contributed by atoms with Gasteiger partial charge in [0.25, 0.3) is 0 Å². The Morgan fingerprint density at radius 3 is 2.00 bits per heavy atom. The van der Waals surface area contributed by atoms with E-state index in [9.17, 15) is 0 Å². The van der Waals surface area contributed by atoms with Crippen molar-refractivity contribution >= 4 is 8.32 Å². The van der Waals surface area contributed by atoms with Crippen molar-refractivity contribution < 1.29 is 4.43 Å². The van der Waals surface area contributed by atoms with Gasteiger partial charge in [0.1, 0.15) is 0 Å². The average Bonchev–Trinajstić information content (AvgIpc) is 2.27. The van der Waals surface area contributed by atoms with Gasteiger partial charge in [0.15, 0.2) is 8.32 Å². The number of rotatable bonds is 5. The highest BCUT2D eigenvalue weighted by molar-refractivity contribution is 6.74. The van der Waals surface area contributed by atoms with Gasteiger partial charge in [-0.25, -0.2) is 0 Å². The first-order valence-electron chi connectivity index (χ1n) is 6.68. The SMILES string of the molecule is CC(C)(C)[Si](C)(C)OCc1ccc(CCN)cc1. The summed E-state index contributed by atoms with van der Waals surface area (Å²) in [5.41, 5.74) is 8.09. The summed E-state index contributed by atoms with van der Waals surface area (Å²) >= 11 is 0. The third-order valence-corrected chi connectivity index (χ3v) is 8.34. The van der Waals surface area contributed by atoms with Gasteiger partial charge >= 0.3 is 0 Å². The maximum atomic E-state index is 6.19. The van der Waals surface area contributed by atoms with E-state index in [-0.39, 0.29) is 5.04 Å². The van der Waals surface area contributed by atoms with Crippen molar-refractivity contribution in [3.8, 4) is 0 Å². The van der Waals surface area contributed by atoms with Gasteiger partial charge in [-0.05, 0) is 42.2 Å². The molecule has 0 fully saturated rings. The molecule has 0 unspecified atom stereocenters. The van der Waals surface area contributed by atoms with E-state index < -0.39 is 8.32 Å². The van der Waals surface area contributed by atoms with Crippen LogP contribution in [0.25, 0.3) is 0 Å². The first-order valence-corrected chi connectivity index (χ1v) is 9.59. The number of hydrogen-bond donors (Lipinski definition) is 1. The summed E-state index contributed by atoms with van der Waals surface area (Å²) in [7, 11) is -1.64. The number of nitrogens with two attached hydrogens (primary N) is 1. The lowest BCUT2D eigenvalue weighted by molar-refractivity contribution is 0.276. The van der Waals surface area contributed by atoms with E-state index in [1.165, 1.54) is 11.1 Å². The van der Waals surface area contributed by atoms with Crippen molar-refractivity contribution in [3.05, 3.63) is 35.4 Å².